The normalized spacial score (nSPS) is 18.4. The zero-order valence-corrected chi connectivity index (χ0v) is 15.2. The van der Waals surface area contributed by atoms with Crippen LogP contribution in [0.5, 0.6) is 0 Å². The number of aryl methyl sites for hydroxylation is 1. The molecule has 1 atom stereocenters. The molecule has 2 aromatic rings. The maximum absolute atomic E-state index is 14.1. The van der Waals surface area contributed by atoms with Crippen molar-refractivity contribution >= 4 is 40.1 Å². The van der Waals surface area contributed by atoms with E-state index in [1.165, 1.54) is 16.7 Å². The molecular formula is C19H18FN3O2S. The number of carbonyl (C=O) groups excluding carboxylic acids is 2. The molecule has 7 heteroatoms. The van der Waals surface area contributed by atoms with Crippen molar-refractivity contribution in [2.45, 2.75) is 18.6 Å². The zero-order chi connectivity index (χ0) is 18.7. The average molecular weight is 371 g/mol. The summed E-state index contributed by atoms with van der Waals surface area (Å²) in [5.41, 5.74) is 1.35. The van der Waals surface area contributed by atoms with Crippen molar-refractivity contribution in [2.75, 3.05) is 12.4 Å². The Labute approximate surface area is 155 Å². The number of thioether (sulfide) groups is 1. The number of hydrogen-bond acceptors (Lipinski definition) is 4. The Balaban J connectivity index is 1.71. The number of carbonyl (C=O) groups is 2. The third kappa shape index (κ3) is 3.94. The molecule has 3 rings (SSSR count). The molecule has 5 nitrogen and oxygen atoms in total. The van der Waals surface area contributed by atoms with Crippen LogP contribution in [0.1, 0.15) is 12.0 Å². The van der Waals surface area contributed by atoms with Crippen molar-refractivity contribution in [3.8, 4) is 0 Å². The minimum absolute atomic E-state index is 0.0258. The van der Waals surface area contributed by atoms with Crippen molar-refractivity contribution in [1.29, 1.82) is 0 Å². The van der Waals surface area contributed by atoms with Gasteiger partial charge in [-0.15, -0.1) is 0 Å². The predicted octanol–water partition coefficient (Wildman–Crippen LogP) is 3.72. The molecule has 1 unspecified atom stereocenters. The van der Waals surface area contributed by atoms with Crippen molar-refractivity contribution in [3.05, 3.63) is 59.9 Å². The van der Waals surface area contributed by atoms with E-state index in [2.05, 4.69) is 10.3 Å². The first-order valence-electron chi connectivity index (χ1n) is 8.08. The first-order valence-corrected chi connectivity index (χ1v) is 8.96. The number of aliphatic imine (C=N–C) groups is 1. The highest BCUT2D eigenvalue weighted by Crippen LogP contribution is 2.32. The van der Waals surface area contributed by atoms with E-state index in [1.807, 2.05) is 18.2 Å². The maximum Gasteiger partial charge on any atom is 0.242 e. The minimum Gasteiger partial charge on any atom is -0.326 e. The van der Waals surface area contributed by atoms with E-state index in [4.69, 9.17) is 0 Å². The largest absolute Gasteiger partial charge is 0.326 e. The number of amides is 2. The average Bonchev–Trinajstić information content (AvgIpc) is 2.88. The molecule has 1 aliphatic rings. The van der Waals surface area contributed by atoms with E-state index < -0.39 is 11.1 Å². The molecule has 1 fully saturated rings. The Morgan fingerprint density at radius 3 is 2.69 bits per heavy atom. The molecule has 0 aromatic heterocycles. The second-order valence-corrected chi connectivity index (χ2v) is 7.09. The van der Waals surface area contributed by atoms with E-state index in [-0.39, 0.29) is 23.9 Å². The van der Waals surface area contributed by atoms with Gasteiger partial charge in [0, 0.05) is 19.2 Å². The number of nitrogens with one attached hydrogen (secondary N) is 1. The van der Waals surface area contributed by atoms with Gasteiger partial charge in [0.15, 0.2) is 11.0 Å². The van der Waals surface area contributed by atoms with Gasteiger partial charge in [-0.1, -0.05) is 42.1 Å². The molecule has 2 amide bonds. The van der Waals surface area contributed by atoms with Crippen LogP contribution in [0.4, 0.5) is 15.8 Å². The first-order chi connectivity index (χ1) is 12.5. The van der Waals surface area contributed by atoms with Crippen LogP contribution in [0.15, 0.2) is 53.5 Å². The Hall–Kier alpha value is -2.67. The second kappa shape index (κ2) is 7.70. The SMILES string of the molecule is Cc1cccc(N=C2SC(CC(=O)Nc3ccccc3)C(=O)N2C)c1F. The van der Waals surface area contributed by atoms with Crippen LogP contribution >= 0.6 is 11.8 Å². The van der Waals surface area contributed by atoms with E-state index in [1.54, 1.807) is 44.3 Å². The molecule has 26 heavy (non-hydrogen) atoms. The number of hydrogen-bond donors (Lipinski definition) is 1. The van der Waals surface area contributed by atoms with Gasteiger partial charge >= 0.3 is 0 Å². The molecule has 1 aliphatic heterocycles. The minimum atomic E-state index is -0.574. The van der Waals surface area contributed by atoms with Gasteiger partial charge in [0.1, 0.15) is 10.9 Å². The summed E-state index contributed by atoms with van der Waals surface area (Å²) in [6.07, 6.45) is 0.0258. The zero-order valence-electron chi connectivity index (χ0n) is 14.4. The Kier molecular flexibility index (Phi) is 5.37. The third-order valence-corrected chi connectivity index (χ3v) is 5.19. The topological polar surface area (TPSA) is 61.8 Å². The van der Waals surface area contributed by atoms with Crippen LogP contribution in [0, 0.1) is 12.7 Å². The van der Waals surface area contributed by atoms with Crippen molar-refractivity contribution < 1.29 is 14.0 Å². The highest BCUT2D eigenvalue weighted by Gasteiger charge is 2.37. The van der Waals surface area contributed by atoms with Gasteiger partial charge in [0.25, 0.3) is 0 Å². The molecule has 1 N–H and O–H groups in total. The summed E-state index contributed by atoms with van der Waals surface area (Å²) in [7, 11) is 1.58. The van der Waals surface area contributed by atoms with E-state index in [9.17, 15) is 14.0 Å². The van der Waals surface area contributed by atoms with E-state index >= 15 is 0 Å². The number of nitrogens with zero attached hydrogens (tertiary/aromatic N) is 2. The van der Waals surface area contributed by atoms with Crippen molar-refractivity contribution in [1.82, 2.24) is 4.90 Å². The summed E-state index contributed by atoms with van der Waals surface area (Å²) in [4.78, 5) is 30.2. The van der Waals surface area contributed by atoms with Gasteiger partial charge < -0.3 is 5.32 Å². The van der Waals surface area contributed by atoms with Gasteiger partial charge in [0.2, 0.25) is 11.8 Å². The summed E-state index contributed by atoms with van der Waals surface area (Å²) in [5.74, 6) is -0.879. The standard InChI is InChI=1S/C19H18FN3O2S/c1-12-7-6-10-14(17(12)20)22-19-23(2)18(25)15(26-19)11-16(24)21-13-8-4-3-5-9-13/h3-10,15H,11H2,1-2H3,(H,21,24). The van der Waals surface area contributed by atoms with E-state index in [0.717, 1.165) is 0 Å². The van der Waals surface area contributed by atoms with Gasteiger partial charge in [0.05, 0.1) is 0 Å². The van der Waals surface area contributed by atoms with Gasteiger partial charge in [-0.2, -0.15) is 0 Å². The van der Waals surface area contributed by atoms with Crippen LogP contribution in [-0.2, 0) is 9.59 Å². The fourth-order valence-corrected chi connectivity index (χ4v) is 3.67. The first kappa shape index (κ1) is 18.1. The number of para-hydroxylation sites is 1. The lowest BCUT2D eigenvalue weighted by molar-refractivity contribution is -0.127. The maximum atomic E-state index is 14.1. The Bertz CT molecular complexity index is 870. The highest BCUT2D eigenvalue weighted by molar-refractivity contribution is 8.15. The molecule has 2 aromatic carbocycles. The molecule has 0 bridgehead atoms. The summed E-state index contributed by atoms with van der Waals surface area (Å²) in [5, 5.41) is 2.57. The summed E-state index contributed by atoms with van der Waals surface area (Å²) in [6.45, 7) is 1.66. The smallest absolute Gasteiger partial charge is 0.242 e. The number of amidine groups is 1. The fourth-order valence-electron chi connectivity index (χ4n) is 2.52. The number of anilines is 1. The predicted molar refractivity (Wildman–Crippen MR) is 102 cm³/mol. The molecule has 134 valence electrons. The lowest BCUT2D eigenvalue weighted by Crippen LogP contribution is -2.30. The van der Waals surface area contributed by atoms with Gasteiger partial charge in [-0.05, 0) is 30.7 Å². The molecule has 0 spiro atoms. The second-order valence-electron chi connectivity index (χ2n) is 5.92. The fraction of sp³-hybridized carbons (Fsp3) is 0.211. The molecular weight excluding hydrogens is 353 g/mol. The summed E-state index contributed by atoms with van der Waals surface area (Å²) >= 11 is 1.17. The monoisotopic (exact) mass is 371 g/mol. The summed E-state index contributed by atoms with van der Waals surface area (Å²) < 4.78 is 14.1. The lowest BCUT2D eigenvalue weighted by Gasteiger charge is -2.09. The van der Waals surface area contributed by atoms with E-state index in [0.29, 0.717) is 16.4 Å². The lowest BCUT2D eigenvalue weighted by atomic mass is 10.2. The number of benzene rings is 2. The molecule has 0 radical (unpaired) electrons. The van der Waals surface area contributed by atoms with Gasteiger partial charge in [-0.3, -0.25) is 14.5 Å². The van der Waals surface area contributed by atoms with Crippen molar-refractivity contribution in [3.63, 3.8) is 0 Å². The van der Waals surface area contributed by atoms with Crippen molar-refractivity contribution in [2.24, 2.45) is 4.99 Å². The summed E-state index contributed by atoms with van der Waals surface area (Å²) in [6, 6.07) is 14.0. The number of halogens is 1. The van der Waals surface area contributed by atoms with Crippen LogP contribution in [0.2, 0.25) is 0 Å². The molecule has 0 aliphatic carbocycles. The molecule has 1 saturated heterocycles. The van der Waals surface area contributed by atoms with Crippen LogP contribution < -0.4 is 5.32 Å². The third-order valence-electron chi connectivity index (χ3n) is 3.96. The van der Waals surface area contributed by atoms with Crippen LogP contribution in [0.25, 0.3) is 0 Å². The van der Waals surface area contributed by atoms with Crippen LogP contribution in [-0.4, -0.2) is 34.2 Å². The molecule has 1 heterocycles. The van der Waals surface area contributed by atoms with Crippen LogP contribution in [0.3, 0.4) is 0 Å². The number of rotatable bonds is 4. The Morgan fingerprint density at radius 1 is 1.23 bits per heavy atom. The highest BCUT2D eigenvalue weighted by atomic mass is 32.2. The molecule has 0 saturated carbocycles. The quantitative estimate of drug-likeness (QED) is 0.891. The Morgan fingerprint density at radius 2 is 1.96 bits per heavy atom. The van der Waals surface area contributed by atoms with Gasteiger partial charge in [-0.25, -0.2) is 9.38 Å².